The molecule has 8 amide bonds. The molecule has 4 aromatic carbocycles. The van der Waals surface area contributed by atoms with E-state index in [0.717, 1.165) is 11.1 Å². The minimum absolute atomic E-state index is 0.161. The average molecular weight is 1300 g/mol. The Morgan fingerprint density at radius 3 is 0.747 bits per heavy atom. The lowest BCUT2D eigenvalue weighted by molar-refractivity contribution is -0.125. The van der Waals surface area contributed by atoms with Crippen molar-refractivity contribution < 1.29 is 86.2 Å². The van der Waals surface area contributed by atoms with Gasteiger partial charge in [0.15, 0.2) is 0 Å². The van der Waals surface area contributed by atoms with Crippen molar-refractivity contribution in [1.29, 1.82) is 0 Å². The second-order valence-electron chi connectivity index (χ2n) is 20.7. The molecule has 490 valence electrons. The Morgan fingerprint density at radius 2 is 0.484 bits per heavy atom. The summed E-state index contributed by atoms with van der Waals surface area (Å²) in [6, 6.07) is 12.5. The molecule has 0 saturated carbocycles. The highest BCUT2D eigenvalue weighted by molar-refractivity contribution is 6.35. The van der Waals surface area contributed by atoms with Gasteiger partial charge in [0.1, 0.15) is 57.8 Å². The Labute approximate surface area is 536 Å². The van der Waals surface area contributed by atoms with Crippen LogP contribution in [0.5, 0.6) is 11.5 Å². The first-order valence-electron chi connectivity index (χ1n) is 27.7. The molecular formula is C63H76Cl2N8O18. The number of carbonyl (C=O) groups is 16. The number of carbonyl (C=O) groups excluding carboxylic acids is 16. The summed E-state index contributed by atoms with van der Waals surface area (Å²) in [6.45, 7) is 19.7. The highest BCUT2D eigenvalue weighted by atomic mass is 35.5. The molecule has 0 heterocycles. The third-order valence-corrected chi connectivity index (χ3v) is 11.9. The summed E-state index contributed by atoms with van der Waals surface area (Å²) < 4.78 is 10.6. The van der Waals surface area contributed by atoms with Gasteiger partial charge in [0.25, 0.3) is 0 Å². The molecule has 0 radical (unpaired) electrons. The van der Waals surface area contributed by atoms with Crippen molar-refractivity contribution in [2.75, 3.05) is 56.3 Å². The van der Waals surface area contributed by atoms with Crippen molar-refractivity contribution in [3.8, 4) is 11.5 Å². The van der Waals surface area contributed by atoms with Gasteiger partial charge in [-0.25, -0.2) is 0 Å². The molecule has 4 aromatic rings. The van der Waals surface area contributed by atoms with Crippen LogP contribution in [0.15, 0.2) is 48.5 Å². The maximum absolute atomic E-state index is 11.7. The van der Waals surface area contributed by atoms with E-state index in [0.29, 0.717) is 57.6 Å². The first kappa shape index (κ1) is 79.2. The third kappa shape index (κ3) is 32.3. The number of halogens is 2. The lowest BCUT2D eigenvalue weighted by Crippen LogP contribution is -2.17. The molecule has 0 unspecified atom stereocenters. The first-order chi connectivity index (χ1) is 42.3. The highest BCUT2D eigenvalue weighted by Crippen LogP contribution is 2.36. The zero-order chi connectivity index (χ0) is 69.6. The molecule has 0 fully saturated rings. The number of nitrogens with one attached hydrogen (secondary N) is 8. The number of hydrogen-bond acceptors (Lipinski definition) is 18. The van der Waals surface area contributed by atoms with Crippen LogP contribution in [0.3, 0.4) is 0 Å². The number of rotatable bonds is 27. The van der Waals surface area contributed by atoms with Crippen LogP contribution in [0.2, 0.25) is 10.0 Å². The Kier molecular flexibility index (Phi) is 34.2. The summed E-state index contributed by atoms with van der Waals surface area (Å²) in [5.41, 5.74) is 6.28. The largest absolute Gasteiger partial charge is 0.494 e. The molecule has 0 aliphatic rings. The van der Waals surface area contributed by atoms with Gasteiger partial charge in [0.2, 0.25) is 47.3 Å². The fourth-order valence-electron chi connectivity index (χ4n) is 7.47. The predicted molar refractivity (Wildman–Crippen MR) is 344 cm³/mol. The monoisotopic (exact) mass is 1300 g/mol. The van der Waals surface area contributed by atoms with Gasteiger partial charge in [0.05, 0.1) is 97.9 Å². The van der Waals surface area contributed by atoms with Gasteiger partial charge in [0, 0.05) is 34.9 Å². The van der Waals surface area contributed by atoms with Crippen LogP contribution >= 0.6 is 23.2 Å². The van der Waals surface area contributed by atoms with Gasteiger partial charge < -0.3 is 52.0 Å². The van der Waals surface area contributed by atoms with Crippen molar-refractivity contribution >= 4 is 162 Å². The van der Waals surface area contributed by atoms with E-state index in [2.05, 4.69) is 42.5 Å². The van der Waals surface area contributed by atoms with Crippen LogP contribution in [0.1, 0.15) is 136 Å². The van der Waals surface area contributed by atoms with Gasteiger partial charge in [-0.05, 0) is 149 Å². The lowest BCUT2D eigenvalue weighted by Gasteiger charge is -2.15. The fourth-order valence-corrected chi connectivity index (χ4v) is 7.89. The molecule has 0 saturated heterocycles. The van der Waals surface area contributed by atoms with E-state index < -0.39 is 35.4 Å². The molecule has 26 nitrogen and oxygen atoms in total. The SMILES string of the molecule is CC(=O)CC(=O)Nc1cc(C)c(NC(=O)CC(C)=O)cc1C.CC(=O)CC(=O)Nc1cc(Cl)c(NC(=O)CC(C)=O)cc1C.CCOc1cc(NC(=O)CC(C)=O)c(Cl)cc1NC(=O)CC(C)=O.COc1cc(NC(=O)CC(C)=O)c(C)cc1NC(=O)CC(C)=O. The zero-order valence-corrected chi connectivity index (χ0v) is 54.6. The molecule has 0 aromatic heterocycles. The number of anilines is 8. The lowest BCUT2D eigenvalue weighted by atomic mass is 10.1. The molecule has 91 heavy (non-hydrogen) atoms. The molecule has 4 rings (SSSR count). The van der Waals surface area contributed by atoms with Crippen molar-refractivity contribution in [3.63, 3.8) is 0 Å². The Balaban J connectivity index is 0.000000607. The minimum atomic E-state index is -0.500. The predicted octanol–water partition coefficient (Wildman–Crippen LogP) is 9.03. The minimum Gasteiger partial charge on any atom is -0.494 e. The molecule has 0 spiro atoms. The van der Waals surface area contributed by atoms with Gasteiger partial charge >= 0.3 is 0 Å². The topological polar surface area (TPSA) is 388 Å². The smallest absolute Gasteiger partial charge is 0.231 e. The summed E-state index contributed by atoms with van der Waals surface area (Å²) in [7, 11) is 1.42. The third-order valence-electron chi connectivity index (χ3n) is 11.3. The molecule has 0 atom stereocenters. The summed E-state index contributed by atoms with van der Waals surface area (Å²) in [5.74, 6) is -4.80. The number of Topliss-reactive ketones (excluding diaryl/α,β-unsaturated/α-hetero) is 8. The van der Waals surface area contributed by atoms with E-state index in [-0.39, 0.29) is 137 Å². The van der Waals surface area contributed by atoms with Crippen LogP contribution in [0.4, 0.5) is 45.5 Å². The van der Waals surface area contributed by atoms with Crippen LogP contribution in [0, 0.1) is 27.7 Å². The normalized spacial score (nSPS) is 9.98. The van der Waals surface area contributed by atoms with Gasteiger partial charge in [-0.1, -0.05) is 23.2 Å². The van der Waals surface area contributed by atoms with E-state index in [1.54, 1.807) is 65.0 Å². The van der Waals surface area contributed by atoms with Crippen LogP contribution < -0.4 is 52.0 Å². The number of aryl methyl sites for hydroxylation is 4. The van der Waals surface area contributed by atoms with E-state index in [1.165, 1.54) is 80.7 Å². The molecule has 28 heteroatoms. The van der Waals surface area contributed by atoms with Crippen molar-refractivity contribution in [1.82, 2.24) is 0 Å². The number of benzene rings is 4. The standard InChI is InChI=1S/C16H19ClN2O5.C16H20N2O5.C16H20N2O4.C15H17ClN2O4/c1-4-24-14-8-12(18-15(22)5-9(2)20)11(17)7-13(14)19-16(23)6-10(3)21;1-9-5-13(18-16(22)7-11(3)20)14(23-4)8-12(9)17-15(21)6-10(2)19;1-9-5-14(18-16(22)8-12(4)20)10(2)6-13(9)17-15(21)7-11(3)19;1-8-4-13(18-15(22)6-10(3)20)11(16)7-12(8)17-14(21)5-9(2)19/h7-8H,4-6H2,1-3H3,(H,18,22)(H,19,23);5,8H,6-7H2,1-4H3,(H,17,21)(H,18,22);5-6H,7-8H2,1-4H3,(H,17,21)(H,18,22);4,7H,5-6H2,1-3H3,(H,17,21)(H,18,22). The second-order valence-corrected chi connectivity index (χ2v) is 21.5. The summed E-state index contributed by atoms with van der Waals surface area (Å²) >= 11 is 12.2. The van der Waals surface area contributed by atoms with Crippen molar-refractivity contribution in [3.05, 3.63) is 80.8 Å². The number of hydrogen-bond donors (Lipinski definition) is 8. The van der Waals surface area contributed by atoms with Crippen LogP contribution in [-0.2, 0) is 76.7 Å². The van der Waals surface area contributed by atoms with Crippen LogP contribution in [0.25, 0.3) is 0 Å². The fraction of sp³-hybridized carbons (Fsp3) is 0.365. The van der Waals surface area contributed by atoms with Gasteiger partial charge in [-0.3, -0.25) is 76.7 Å². The molecule has 0 aliphatic heterocycles. The summed E-state index contributed by atoms with van der Waals surface area (Å²) in [6.07, 6.45) is -1.75. The highest BCUT2D eigenvalue weighted by Gasteiger charge is 2.19. The molecule has 0 aliphatic carbocycles. The second kappa shape index (κ2) is 39.2. The van der Waals surface area contributed by atoms with Crippen molar-refractivity contribution in [2.45, 2.75) is 141 Å². The summed E-state index contributed by atoms with van der Waals surface area (Å²) in [5, 5.41) is 21.1. The maximum Gasteiger partial charge on any atom is 0.231 e. The van der Waals surface area contributed by atoms with E-state index in [4.69, 9.17) is 32.7 Å². The number of ketones is 8. The maximum atomic E-state index is 11.7. The quantitative estimate of drug-likeness (QED) is 0.0258. The van der Waals surface area contributed by atoms with Crippen molar-refractivity contribution in [2.24, 2.45) is 0 Å². The van der Waals surface area contributed by atoms with E-state index in [1.807, 2.05) is 0 Å². The molecular weight excluding hydrogens is 1230 g/mol. The van der Waals surface area contributed by atoms with E-state index >= 15 is 0 Å². The zero-order valence-electron chi connectivity index (χ0n) is 53.1. The Morgan fingerprint density at radius 1 is 0.297 bits per heavy atom. The first-order valence-corrected chi connectivity index (χ1v) is 28.5. The van der Waals surface area contributed by atoms with Crippen LogP contribution in [-0.4, -0.2) is 107 Å². The molecule has 0 bridgehead atoms. The number of methoxy groups -OCH3 is 1. The van der Waals surface area contributed by atoms with Gasteiger partial charge in [-0.2, -0.15) is 0 Å². The summed E-state index contributed by atoms with van der Waals surface area (Å²) in [4.78, 5) is 181. The van der Waals surface area contributed by atoms with Gasteiger partial charge in [-0.15, -0.1) is 0 Å². The Hall–Kier alpha value is -9.82. The number of ether oxygens (including phenoxy) is 2. The number of amides is 8. The van der Waals surface area contributed by atoms with E-state index in [9.17, 15) is 76.7 Å². The molecule has 8 N–H and O–H groups in total. The Bertz CT molecular complexity index is 3280. The average Bonchev–Trinajstić information content (AvgIpc) is 1.11.